The summed E-state index contributed by atoms with van der Waals surface area (Å²) in [4.78, 5) is 0. The quantitative estimate of drug-likeness (QED) is 0.836. The largest absolute Gasteiger partial charge is 0.385 e. The van der Waals surface area contributed by atoms with Gasteiger partial charge in [0.1, 0.15) is 5.82 Å². The molecule has 0 radical (unpaired) electrons. The Morgan fingerprint density at radius 3 is 2.94 bits per heavy atom. The summed E-state index contributed by atoms with van der Waals surface area (Å²) in [6, 6.07) is 6.32. The van der Waals surface area contributed by atoms with Crippen LogP contribution in [0.5, 0.6) is 0 Å². The molecule has 0 bridgehead atoms. The smallest absolute Gasteiger partial charge is 0.162 e. The van der Waals surface area contributed by atoms with Gasteiger partial charge in [-0.15, -0.1) is 10.2 Å². The van der Waals surface area contributed by atoms with Crippen molar-refractivity contribution in [1.82, 2.24) is 19.9 Å². The lowest BCUT2D eigenvalue weighted by molar-refractivity contribution is 0.512. The Hall–Kier alpha value is -1.62. The van der Waals surface area contributed by atoms with Gasteiger partial charge in [0.15, 0.2) is 11.5 Å². The summed E-state index contributed by atoms with van der Waals surface area (Å²) in [6.07, 6.45) is 5.21. The maximum atomic E-state index is 5.94. The van der Waals surface area contributed by atoms with Crippen molar-refractivity contribution in [2.75, 3.05) is 5.73 Å². The fraction of sp³-hybridized carbons (Fsp3) is 0.500. The van der Waals surface area contributed by atoms with E-state index in [2.05, 4.69) is 15.5 Å². The maximum absolute atomic E-state index is 5.94. The summed E-state index contributed by atoms with van der Waals surface area (Å²) >= 11 is 0. The minimum atomic E-state index is 0.632. The first kappa shape index (κ1) is 10.5. The van der Waals surface area contributed by atoms with E-state index in [9.17, 15) is 0 Å². The summed E-state index contributed by atoms with van der Waals surface area (Å²) in [7, 11) is 0. The van der Waals surface area contributed by atoms with Crippen LogP contribution in [0.1, 0.15) is 31.5 Å². The van der Waals surface area contributed by atoms with Crippen LogP contribution < -0.4 is 11.1 Å². The predicted octanol–water partition coefficient (Wildman–Crippen LogP) is 1.34. The Labute approximate surface area is 100 Å². The van der Waals surface area contributed by atoms with Gasteiger partial charge in [0, 0.05) is 6.04 Å². The van der Waals surface area contributed by atoms with Crippen molar-refractivity contribution >= 4 is 11.5 Å². The van der Waals surface area contributed by atoms with Crippen LogP contribution in [0.25, 0.3) is 5.65 Å². The van der Waals surface area contributed by atoms with E-state index in [0.717, 1.165) is 18.0 Å². The van der Waals surface area contributed by atoms with Crippen LogP contribution >= 0.6 is 0 Å². The zero-order valence-corrected chi connectivity index (χ0v) is 9.76. The SMILES string of the molecule is Nc1cccc2nnc(CNC3CCCC3)n12. The van der Waals surface area contributed by atoms with E-state index >= 15 is 0 Å². The number of fused-ring (bicyclic) bond motifs is 1. The van der Waals surface area contributed by atoms with Crippen molar-refractivity contribution in [2.45, 2.75) is 38.3 Å². The topological polar surface area (TPSA) is 68.2 Å². The van der Waals surface area contributed by atoms with Gasteiger partial charge in [0.25, 0.3) is 0 Å². The number of nitrogens with two attached hydrogens (primary N) is 1. The molecular weight excluding hydrogens is 214 g/mol. The zero-order valence-electron chi connectivity index (χ0n) is 9.76. The average Bonchev–Trinajstić information content (AvgIpc) is 2.95. The molecule has 1 aliphatic carbocycles. The normalized spacial score (nSPS) is 16.9. The third kappa shape index (κ3) is 1.98. The molecule has 0 saturated heterocycles. The fourth-order valence-electron chi connectivity index (χ4n) is 2.51. The fourth-order valence-corrected chi connectivity index (χ4v) is 2.51. The van der Waals surface area contributed by atoms with Crippen LogP contribution in [-0.2, 0) is 6.54 Å². The van der Waals surface area contributed by atoms with Crippen molar-refractivity contribution in [3.05, 3.63) is 24.0 Å². The molecule has 1 fully saturated rings. The van der Waals surface area contributed by atoms with Crippen LogP contribution in [0.3, 0.4) is 0 Å². The number of nitrogens with one attached hydrogen (secondary N) is 1. The van der Waals surface area contributed by atoms with Gasteiger partial charge in [-0.25, -0.2) is 0 Å². The Kier molecular flexibility index (Phi) is 2.68. The molecule has 2 aromatic heterocycles. The van der Waals surface area contributed by atoms with Crippen LogP contribution in [-0.4, -0.2) is 20.6 Å². The number of rotatable bonds is 3. The summed E-state index contributed by atoms with van der Waals surface area (Å²) in [5.41, 5.74) is 6.75. The van der Waals surface area contributed by atoms with Gasteiger partial charge in [0.05, 0.1) is 6.54 Å². The second-order valence-electron chi connectivity index (χ2n) is 4.62. The van der Waals surface area contributed by atoms with E-state index in [4.69, 9.17) is 5.73 Å². The molecule has 1 saturated carbocycles. The first-order valence-corrected chi connectivity index (χ1v) is 6.16. The highest BCUT2D eigenvalue weighted by Crippen LogP contribution is 2.18. The molecule has 0 spiro atoms. The third-order valence-corrected chi connectivity index (χ3v) is 3.43. The Morgan fingerprint density at radius 2 is 2.12 bits per heavy atom. The lowest BCUT2D eigenvalue weighted by atomic mass is 10.2. The minimum absolute atomic E-state index is 0.632. The highest BCUT2D eigenvalue weighted by atomic mass is 15.3. The van der Waals surface area contributed by atoms with Crippen LogP contribution in [0.2, 0.25) is 0 Å². The molecule has 2 heterocycles. The van der Waals surface area contributed by atoms with Crippen molar-refractivity contribution < 1.29 is 0 Å². The summed E-state index contributed by atoms with van der Waals surface area (Å²) in [5.74, 6) is 1.58. The molecule has 0 unspecified atom stereocenters. The van der Waals surface area contributed by atoms with Gasteiger partial charge in [0.2, 0.25) is 0 Å². The van der Waals surface area contributed by atoms with Gasteiger partial charge in [-0.2, -0.15) is 0 Å². The molecule has 3 N–H and O–H groups in total. The molecule has 5 heteroatoms. The van der Waals surface area contributed by atoms with E-state index in [-0.39, 0.29) is 0 Å². The van der Waals surface area contributed by atoms with Crippen molar-refractivity contribution in [2.24, 2.45) is 0 Å². The first-order valence-electron chi connectivity index (χ1n) is 6.16. The summed E-state index contributed by atoms with van der Waals surface area (Å²) < 4.78 is 1.90. The highest BCUT2D eigenvalue weighted by molar-refractivity contribution is 5.47. The third-order valence-electron chi connectivity index (χ3n) is 3.43. The highest BCUT2D eigenvalue weighted by Gasteiger charge is 2.15. The van der Waals surface area contributed by atoms with Gasteiger partial charge >= 0.3 is 0 Å². The summed E-state index contributed by atoms with van der Waals surface area (Å²) in [6.45, 7) is 0.736. The maximum Gasteiger partial charge on any atom is 0.162 e. The lowest BCUT2D eigenvalue weighted by Gasteiger charge is -2.10. The molecule has 3 rings (SSSR count). The second kappa shape index (κ2) is 4.33. The van der Waals surface area contributed by atoms with Crippen LogP contribution in [0.4, 0.5) is 5.82 Å². The lowest BCUT2D eigenvalue weighted by Crippen LogP contribution is -2.26. The van der Waals surface area contributed by atoms with Gasteiger partial charge in [-0.1, -0.05) is 18.9 Å². The van der Waals surface area contributed by atoms with Crippen molar-refractivity contribution in [1.29, 1.82) is 0 Å². The molecule has 2 aromatic rings. The Balaban J connectivity index is 1.80. The van der Waals surface area contributed by atoms with E-state index in [1.54, 1.807) is 0 Å². The standard InChI is InChI=1S/C12H17N5/c13-10-6-3-7-11-15-16-12(17(10)11)8-14-9-4-1-2-5-9/h3,6-7,9,14H,1-2,4-5,8,13H2. The number of nitrogen functional groups attached to an aromatic ring is 1. The van der Waals surface area contributed by atoms with Gasteiger partial charge < -0.3 is 11.1 Å². The number of anilines is 1. The van der Waals surface area contributed by atoms with Gasteiger partial charge in [-0.05, 0) is 25.0 Å². The van der Waals surface area contributed by atoms with Crippen molar-refractivity contribution in [3.8, 4) is 0 Å². The molecule has 0 atom stereocenters. The molecule has 17 heavy (non-hydrogen) atoms. The first-order chi connectivity index (χ1) is 8.34. The number of hydrogen-bond donors (Lipinski definition) is 2. The summed E-state index contributed by atoms with van der Waals surface area (Å²) in [5, 5.41) is 11.8. The van der Waals surface area contributed by atoms with E-state index in [1.807, 2.05) is 22.6 Å². The minimum Gasteiger partial charge on any atom is -0.385 e. The van der Waals surface area contributed by atoms with Crippen LogP contribution in [0, 0.1) is 0 Å². The van der Waals surface area contributed by atoms with E-state index in [1.165, 1.54) is 25.7 Å². The predicted molar refractivity (Wildman–Crippen MR) is 66.5 cm³/mol. The Bertz CT molecular complexity index is 513. The molecule has 0 amide bonds. The van der Waals surface area contributed by atoms with E-state index in [0.29, 0.717) is 11.9 Å². The Morgan fingerprint density at radius 1 is 1.29 bits per heavy atom. The monoisotopic (exact) mass is 231 g/mol. The van der Waals surface area contributed by atoms with Gasteiger partial charge in [-0.3, -0.25) is 4.40 Å². The molecule has 0 aliphatic heterocycles. The molecular formula is C12H17N5. The molecule has 1 aliphatic rings. The molecule has 0 aromatic carbocycles. The second-order valence-corrected chi connectivity index (χ2v) is 4.62. The van der Waals surface area contributed by atoms with Crippen molar-refractivity contribution in [3.63, 3.8) is 0 Å². The van der Waals surface area contributed by atoms with E-state index < -0.39 is 0 Å². The number of nitrogens with zero attached hydrogens (tertiary/aromatic N) is 3. The average molecular weight is 231 g/mol. The zero-order chi connectivity index (χ0) is 11.7. The number of hydrogen-bond acceptors (Lipinski definition) is 4. The number of aromatic nitrogens is 3. The number of pyridine rings is 1. The molecule has 90 valence electrons. The van der Waals surface area contributed by atoms with Crippen LogP contribution in [0.15, 0.2) is 18.2 Å². The molecule has 5 nitrogen and oxygen atoms in total.